The number of benzene rings is 1. The number of allylic oxidation sites excluding steroid dienone is 1. The normalized spacial score (nSPS) is 12.2. The van der Waals surface area contributed by atoms with Crippen molar-refractivity contribution in [2.45, 2.75) is 12.8 Å². The highest BCUT2D eigenvalue weighted by Crippen LogP contribution is 2.30. The molecule has 1 nitrogen and oxygen atoms in total. The van der Waals surface area contributed by atoms with E-state index >= 15 is 0 Å². The van der Waals surface area contributed by atoms with Gasteiger partial charge in [0.1, 0.15) is 6.29 Å². The molecule has 0 radical (unpaired) electrons. The molecule has 4 heteroatoms. The van der Waals surface area contributed by atoms with E-state index in [1.807, 2.05) is 12.1 Å². The molecular weight excluding hydrogens is 299 g/mol. The van der Waals surface area contributed by atoms with Crippen molar-refractivity contribution in [1.82, 2.24) is 0 Å². The maximum atomic E-state index is 10.2. The van der Waals surface area contributed by atoms with Crippen LogP contribution < -0.4 is 0 Å². The minimum Gasteiger partial charge on any atom is -0.303 e. The van der Waals surface area contributed by atoms with E-state index in [1.165, 1.54) is 0 Å². The van der Waals surface area contributed by atoms with Crippen LogP contribution in [0.3, 0.4) is 0 Å². The highest BCUT2D eigenvalue weighted by atomic mass is 79.9. The van der Waals surface area contributed by atoms with Gasteiger partial charge in [0.2, 0.25) is 0 Å². The summed E-state index contributed by atoms with van der Waals surface area (Å²) in [5.74, 6) is 0. The van der Waals surface area contributed by atoms with Gasteiger partial charge in [0.05, 0.1) is 0 Å². The predicted octanol–water partition coefficient (Wildman–Crippen LogP) is 4.62. The van der Waals surface area contributed by atoms with E-state index in [0.29, 0.717) is 22.9 Å². The van der Waals surface area contributed by atoms with Crippen LogP contribution in [0.25, 0.3) is 4.48 Å². The Bertz CT molecular complexity index is 371. The van der Waals surface area contributed by atoms with Gasteiger partial charge in [0.15, 0.2) is 0 Å². The number of aldehydes is 1. The molecule has 1 rings (SSSR count). The summed E-state index contributed by atoms with van der Waals surface area (Å²) >= 11 is 15.2. The molecule has 0 saturated carbocycles. The van der Waals surface area contributed by atoms with Gasteiger partial charge in [0, 0.05) is 21.0 Å². The van der Waals surface area contributed by atoms with Gasteiger partial charge in [-0.3, -0.25) is 0 Å². The highest BCUT2D eigenvalue weighted by molar-refractivity contribution is 9.15. The second kappa shape index (κ2) is 6.31. The molecule has 0 saturated heterocycles. The Morgan fingerprint density at radius 1 is 1.33 bits per heavy atom. The van der Waals surface area contributed by atoms with Crippen LogP contribution in [0.1, 0.15) is 18.4 Å². The van der Waals surface area contributed by atoms with Gasteiger partial charge in [-0.25, -0.2) is 0 Å². The minimum absolute atomic E-state index is 0.432. The van der Waals surface area contributed by atoms with E-state index in [9.17, 15) is 4.79 Å². The Labute approximate surface area is 107 Å². The zero-order valence-corrected chi connectivity index (χ0v) is 10.9. The minimum atomic E-state index is 0.432. The number of carbonyl (C=O) groups is 1. The Balaban J connectivity index is 2.86. The molecule has 0 aliphatic heterocycles. The van der Waals surface area contributed by atoms with E-state index in [1.54, 1.807) is 12.1 Å². The summed E-state index contributed by atoms with van der Waals surface area (Å²) in [5, 5.41) is 1.33. The molecule has 0 unspecified atom stereocenters. The molecule has 0 heterocycles. The predicted molar refractivity (Wildman–Crippen MR) is 68.5 cm³/mol. The number of carbonyl (C=O) groups excluding carboxylic acids is 1. The van der Waals surface area contributed by atoms with Crippen molar-refractivity contribution in [3.63, 3.8) is 0 Å². The van der Waals surface area contributed by atoms with Gasteiger partial charge in [-0.05, 0) is 40.0 Å². The quantitative estimate of drug-likeness (QED) is 0.742. The van der Waals surface area contributed by atoms with Crippen molar-refractivity contribution >= 4 is 49.9 Å². The molecule has 0 N–H and O–H groups in total. The van der Waals surface area contributed by atoms with Gasteiger partial charge >= 0.3 is 0 Å². The molecule has 80 valence electrons. The molecule has 0 aliphatic rings. The molecule has 0 fully saturated rings. The number of hydrogen-bond donors (Lipinski definition) is 0. The molecule has 15 heavy (non-hydrogen) atoms. The van der Waals surface area contributed by atoms with Crippen molar-refractivity contribution < 1.29 is 4.79 Å². The summed E-state index contributed by atoms with van der Waals surface area (Å²) in [6.45, 7) is 0. The first-order chi connectivity index (χ1) is 7.15. The summed E-state index contributed by atoms with van der Waals surface area (Å²) in [5.41, 5.74) is 0.954. The first-order valence-corrected chi connectivity index (χ1v) is 5.93. The Morgan fingerprint density at radius 3 is 2.47 bits per heavy atom. The fourth-order valence-electron chi connectivity index (χ4n) is 1.05. The first kappa shape index (κ1) is 12.8. The molecule has 1 aromatic rings. The van der Waals surface area contributed by atoms with E-state index in [4.69, 9.17) is 23.2 Å². The summed E-state index contributed by atoms with van der Waals surface area (Å²) in [6.07, 6.45) is 1.83. The fourth-order valence-corrected chi connectivity index (χ4v) is 1.86. The van der Waals surface area contributed by atoms with Crippen LogP contribution in [-0.4, -0.2) is 6.29 Å². The van der Waals surface area contributed by atoms with Gasteiger partial charge in [-0.2, -0.15) is 0 Å². The summed E-state index contributed by atoms with van der Waals surface area (Å²) in [4.78, 5) is 10.2. The van der Waals surface area contributed by atoms with Crippen LogP contribution >= 0.6 is 39.1 Å². The largest absolute Gasteiger partial charge is 0.303 e. The molecule has 0 aliphatic carbocycles. The third-order valence-electron chi connectivity index (χ3n) is 1.82. The molecule has 0 aromatic heterocycles. The van der Waals surface area contributed by atoms with Crippen LogP contribution in [0.15, 0.2) is 29.3 Å². The smallest absolute Gasteiger partial charge is 0.120 e. The number of hydrogen-bond acceptors (Lipinski definition) is 1. The average molecular weight is 308 g/mol. The van der Waals surface area contributed by atoms with Crippen LogP contribution in [0, 0.1) is 0 Å². The second-order valence-corrected chi connectivity index (χ2v) is 4.62. The Kier molecular flexibility index (Phi) is 5.37. The van der Waals surface area contributed by atoms with Gasteiger partial charge in [-0.15, -0.1) is 0 Å². The van der Waals surface area contributed by atoms with Crippen LogP contribution in [-0.2, 0) is 4.79 Å². The zero-order valence-electron chi connectivity index (χ0n) is 7.84. The van der Waals surface area contributed by atoms with Gasteiger partial charge < -0.3 is 4.79 Å². The van der Waals surface area contributed by atoms with Crippen LogP contribution in [0.4, 0.5) is 0 Å². The topological polar surface area (TPSA) is 17.1 Å². The van der Waals surface area contributed by atoms with Crippen molar-refractivity contribution in [1.29, 1.82) is 0 Å². The molecule has 0 atom stereocenters. The lowest BCUT2D eigenvalue weighted by molar-refractivity contribution is -0.107. The zero-order chi connectivity index (χ0) is 11.3. The summed E-state index contributed by atoms with van der Waals surface area (Å²) < 4.78 is 0.808. The monoisotopic (exact) mass is 306 g/mol. The van der Waals surface area contributed by atoms with E-state index in [2.05, 4.69) is 15.9 Å². The van der Waals surface area contributed by atoms with Crippen LogP contribution in [0.5, 0.6) is 0 Å². The van der Waals surface area contributed by atoms with Crippen molar-refractivity contribution in [2.75, 3.05) is 0 Å². The SMILES string of the molecule is O=CCC/C(Cl)=C(/Br)c1ccc(Cl)cc1. The maximum absolute atomic E-state index is 10.2. The maximum Gasteiger partial charge on any atom is 0.120 e. The lowest BCUT2D eigenvalue weighted by Crippen LogP contribution is -1.82. The third-order valence-corrected chi connectivity index (χ3v) is 3.61. The molecule has 1 aromatic carbocycles. The Morgan fingerprint density at radius 2 is 1.93 bits per heavy atom. The fraction of sp³-hybridized carbons (Fsp3) is 0.182. The lowest BCUT2D eigenvalue weighted by atomic mass is 10.2. The second-order valence-electron chi connectivity index (χ2n) is 2.93. The standard InChI is InChI=1S/C11H9BrCl2O/c12-11(10(14)2-1-7-15)8-3-5-9(13)6-4-8/h3-7H,1-2H2/b11-10-. The van der Waals surface area contributed by atoms with E-state index in [-0.39, 0.29) is 0 Å². The van der Waals surface area contributed by atoms with E-state index in [0.717, 1.165) is 16.3 Å². The number of halogens is 3. The molecule has 0 spiro atoms. The molecular formula is C11H9BrCl2O. The molecule has 0 amide bonds. The first-order valence-electron chi connectivity index (χ1n) is 4.39. The lowest BCUT2D eigenvalue weighted by Gasteiger charge is -2.03. The highest BCUT2D eigenvalue weighted by Gasteiger charge is 2.04. The van der Waals surface area contributed by atoms with Gasteiger partial charge in [0.25, 0.3) is 0 Å². The molecule has 0 bridgehead atoms. The summed E-state index contributed by atoms with van der Waals surface area (Å²) in [6, 6.07) is 7.33. The van der Waals surface area contributed by atoms with Crippen molar-refractivity contribution in [2.24, 2.45) is 0 Å². The third kappa shape index (κ3) is 3.98. The van der Waals surface area contributed by atoms with Gasteiger partial charge in [-0.1, -0.05) is 35.3 Å². The van der Waals surface area contributed by atoms with Crippen molar-refractivity contribution in [3.8, 4) is 0 Å². The van der Waals surface area contributed by atoms with Crippen LogP contribution in [0.2, 0.25) is 5.02 Å². The summed E-state index contributed by atoms with van der Waals surface area (Å²) in [7, 11) is 0. The number of rotatable bonds is 4. The Hall–Kier alpha value is -0.310. The van der Waals surface area contributed by atoms with Crippen molar-refractivity contribution in [3.05, 3.63) is 39.9 Å². The average Bonchev–Trinajstić information content (AvgIpc) is 2.26. The van der Waals surface area contributed by atoms with E-state index < -0.39 is 0 Å².